The standard InChI is InChI=1S/Mo.H2O2.W/c;1-2;/h;1-2H;/q+1;;/p-1. The molecular weight excluding hydrogens is 312 g/mol. The predicted molar refractivity (Wildman–Crippen MR) is 3.71 cm³/mol. The first kappa shape index (κ1) is 9.00. The molecule has 0 unspecified atom stereocenters. The zero-order valence-corrected chi connectivity index (χ0v) is 6.61. The Morgan fingerprint density at radius 3 is 1.75 bits per heavy atom. The van der Waals surface area contributed by atoms with Crippen LogP contribution in [-0.4, -0.2) is 5.26 Å². The molecule has 0 radical (unpaired) electrons. The van der Waals surface area contributed by atoms with Gasteiger partial charge in [-0.15, -0.1) is 0 Å². The summed E-state index contributed by atoms with van der Waals surface area (Å²) in [4.78, 5) is 0. The van der Waals surface area contributed by atoms with Gasteiger partial charge in [0.1, 0.15) is 0 Å². The zero-order valence-electron chi connectivity index (χ0n) is 1.67. The maximum Gasteiger partial charge on any atom is 0 e. The monoisotopic (exact) mass is 315 g/mol. The minimum atomic E-state index is 0. The fourth-order valence-electron chi connectivity index (χ4n) is 0. The Hall–Kier alpha value is 1.30. The molecule has 4 heteroatoms. The van der Waals surface area contributed by atoms with Gasteiger partial charge in [0.25, 0.3) is 0 Å². The van der Waals surface area contributed by atoms with Crippen molar-refractivity contribution in [2.75, 3.05) is 0 Å². The Balaban J connectivity index is 0. The van der Waals surface area contributed by atoms with Gasteiger partial charge in [0, 0.05) is 21.1 Å². The van der Waals surface area contributed by atoms with Gasteiger partial charge in [0.2, 0.25) is 0 Å². The summed E-state index contributed by atoms with van der Waals surface area (Å²) < 4.78 is 3.26. The van der Waals surface area contributed by atoms with Gasteiger partial charge < -0.3 is 0 Å². The van der Waals surface area contributed by atoms with E-state index in [2.05, 4.69) is 3.54 Å². The van der Waals surface area contributed by atoms with Crippen molar-refractivity contribution >= 4 is 0 Å². The minimum absolute atomic E-state index is 0. The van der Waals surface area contributed by atoms with E-state index in [0.29, 0.717) is 0 Å². The van der Waals surface area contributed by atoms with Crippen LogP contribution in [0, 0.1) is 0 Å². The van der Waals surface area contributed by atoms with E-state index in [9.17, 15) is 0 Å². The Morgan fingerprint density at radius 2 is 1.75 bits per heavy atom. The van der Waals surface area contributed by atoms with Crippen LogP contribution in [0.15, 0.2) is 0 Å². The first-order valence-corrected chi connectivity index (χ1v) is 1.17. The van der Waals surface area contributed by atoms with Gasteiger partial charge in [-0.05, 0) is 0 Å². The Labute approximate surface area is 50.1 Å². The van der Waals surface area contributed by atoms with Crippen LogP contribution in [0.3, 0.4) is 0 Å². The normalized spacial score (nSPS) is 4.25. The molecule has 0 aromatic carbocycles. The average molecular weight is 313 g/mol. The van der Waals surface area contributed by atoms with Gasteiger partial charge in [-0.3, -0.25) is 0 Å². The maximum absolute atomic E-state index is 7.07. The molecule has 0 aliphatic rings. The van der Waals surface area contributed by atoms with E-state index in [1.54, 1.807) is 0 Å². The van der Waals surface area contributed by atoms with Gasteiger partial charge in [0.05, 0.1) is 0 Å². The smallest absolute Gasteiger partial charge is 0 e. The molecule has 25 valence electrons. The predicted octanol–water partition coefficient (Wildman–Crippen LogP) is -0.0647. The fraction of sp³-hybridized carbons (Fsp3) is 0. The minimum Gasteiger partial charge on any atom is 0 e. The third-order valence-corrected chi connectivity index (χ3v) is 0. The van der Waals surface area contributed by atoms with E-state index in [0.717, 1.165) is 20.2 Å². The first-order chi connectivity index (χ1) is 1.41. The number of hydrogen-bond acceptors (Lipinski definition) is 2. The first-order valence-electron chi connectivity index (χ1n) is 0.349. The second-order valence-electron chi connectivity index (χ2n) is 0.0745. The summed E-state index contributed by atoms with van der Waals surface area (Å²) in [6, 6.07) is 0. The van der Waals surface area contributed by atoms with E-state index >= 15 is 0 Å². The molecule has 2 nitrogen and oxygen atoms in total. The van der Waals surface area contributed by atoms with Crippen LogP contribution in [0.5, 0.6) is 0 Å². The van der Waals surface area contributed by atoms with Crippen LogP contribution >= 0.6 is 0 Å². The molecule has 0 fully saturated rings. The van der Waals surface area contributed by atoms with Crippen LogP contribution in [0.1, 0.15) is 0 Å². The topological polar surface area (TPSA) is 29.5 Å². The van der Waals surface area contributed by atoms with Crippen molar-refractivity contribution in [3.63, 3.8) is 0 Å². The van der Waals surface area contributed by atoms with Gasteiger partial charge in [-0.2, -0.15) is 0 Å². The third-order valence-electron chi connectivity index (χ3n) is 0. The molecule has 0 saturated carbocycles. The van der Waals surface area contributed by atoms with Crippen molar-refractivity contribution in [2.24, 2.45) is 0 Å². The van der Waals surface area contributed by atoms with Crippen molar-refractivity contribution in [3.05, 3.63) is 0 Å². The van der Waals surface area contributed by atoms with Crippen LogP contribution in [0.2, 0.25) is 0 Å². The quantitative estimate of drug-likeness (QED) is 0.386. The van der Waals surface area contributed by atoms with Crippen molar-refractivity contribution in [3.8, 4) is 0 Å². The Kier molecular flexibility index (Phi) is 19.9. The third kappa shape index (κ3) is 10.3. The number of hydrogen-bond donors (Lipinski definition) is 1. The van der Waals surface area contributed by atoms with Gasteiger partial charge in [0.15, 0.2) is 0 Å². The summed E-state index contributed by atoms with van der Waals surface area (Å²) in [5, 5.41) is 7.07. The molecule has 0 heterocycles. The molecule has 0 spiro atoms. The molecule has 0 aliphatic carbocycles. The van der Waals surface area contributed by atoms with Gasteiger partial charge in [-0.25, -0.2) is 0 Å². The Bertz CT molecular complexity index is 6.00. The molecule has 4 heavy (non-hydrogen) atoms. The molecular formula is HMoO2W. The van der Waals surface area contributed by atoms with E-state index in [1.165, 1.54) is 0 Å². The van der Waals surface area contributed by atoms with Crippen molar-refractivity contribution in [1.29, 1.82) is 0 Å². The van der Waals surface area contributed by atoms with E-state index in [4.69, 9.17) is 5.26 Å². The fourth-order valence-corrected chi connectivity index (χ4v) is 0. The maximum atomic E-state index is 7.07. The zero-order chi connectivity index (χ0) is 2.71. The second kappa shape index (κ2) is 8.85. The average Bonchev–Trinajstić information content (AvgIpc) is 0.918. The largest absolute Gasteiger partial charge is 0 e. The van der Waals surface area contributed by atoms with E-state index < -0.39 is 0 Å². The van der Waals surface area contributed by atoms with Crippen molar-refractivity contribution < 1.29 is 50.1 Å². The molecule has 0 bridgehead atoms. The molecule has 0 aromatic heterocycles. The summed E-state index contributed by atoms with van der Waals surface area (Å²) in [6.45, 7) is 0. The SMILES string of the molecule is O[O][Mo].[W]. The molecule has 0 aliphatic heterocycles. The van der Waals surface area contributed by atoms with Crippen LogP contribution < -0.4 is 0 Å². The summed E-state index contributed by atoms with van der Waals surface area (Å²) in [6.07, 6.45) is 0. The van der Waals surface area contributed by atoms with Crippen LogP contribution in [-0.2, 0) is 44.8 Å². The summed E-state index contributed by atoms with van der Waals surface area (Å²) in [7, 11) is 0. The molecule has 0 atom stereocenters. The van der Waals surface area contributed by atoms with Crippen LogP contribution in [0.25, 0.3) is 0 Å². The van der Waals surface area contributed by atoms with E-state index in [1.807, 2.05) is 0 Å². The number of rotatable bonds is 0. The van der Waals surface area contributed by atoms with Gasteiger partial charge >= 0.3 is 29.0 Å². The van der Waals surface area contributed by atoms with Crippen molar-refractivity contribution in [2.45, 2.75) is 0 Å². The molecule has 0 saturated heterocycles. The molecule has 1 N–H and O–H groups in total. The molecule has 0 rings (SSSR count). The summed E-state index contributed by atoms with van der Waals surface area (Å²) in [5.74, 6) is 0. The summed E-state index contributed by atoms with van der Waals surface area (Å²) in [5.41, 5.74) is 0. The van der Waals surface area contributed by atoms with Crippen molar-refractivity contribution in [1.82, 2.24) is 0 Å². The van der Waals surface area contributed by atoms with Gasteiger partial charge in [-0.1, -0.05) is 0 Å². The Morgan fingerprint density at radius 1 is 1.75 bits per heavy atom. The molecule has 0 amide bonds. The molecule has 0 aromatic rings. The second-order valence-corrected chi connectivity index (χ2v) is 0.441. The van der Waals surface area contributed by atoms with Crippen LogP contribution in [0.4, 0.5) is 0 Å². The summed E-state index contributed by atoms with van der Waals surface area (Å²) >= 11 is 1.13. The van der Waals surface area contributed by atoms with E-state index in [-0.39, 0.29) is 21.1 Å².